The van der Waals surface area contributed by atoms with Gasteiger partial charge in [0.25, 0.3) is 0 Å². The van der Waals surface area contributed by atoms with Crippen LogP contribution in [0, 0.1) is 146 Å². The summed E-state index contributed by atoms with van der Waals surface area (Å²) in [6.07, 6.45) is 32.6. The van der Waals surface area contributed by atoms with Gasteiger partial charge in [0.15, 0.2) is 11.5 Å². The highest BCUT2D eigenvalue weighted by Crippen LogP contribution is 2.71. The lowest BCUT2D eigenvalue weighted by Gasteiger charge is -2.61. The lowest BCUT2D eigenvalue weighted by molar-refractivity contribution is -0.129. The summed E-state index contributed by atoms with van der Waals surface area (Å²) in [6, 6.07) is 28.1. The minimum Gasteiger partial charge on any atom is -0.486 e. The lowest BCUT2D eigenvalue weighted by atomic mass is 9.44. The maximum atomic E-state index is 7.80. The Labute approximate surface area is 591 Å². The SMILES string of the molecule is Cc1cc(C)c(C2=c3ccc([nH]3)=C(O[C@H]3CC[C@@]4(C)[C@@H](CC[C@@H]5[C@@H]4CC[C@]4(C)[C@@H]([C@H](C)CCCC(C)C)CC[C@@H]54)C3)c3ccc([nH]3)C(c3c(C)cc(C)cc3C)=c3ccc([nH]3)=C(O[C@H]3CC[C@@]4(C)[C@@H](CC[C@@H]5[C@@H]4CC[C@]4(C)[C@@H]([C@H](C)CCCC(C)C)CC[C@@H]54)C3)c3ccc2[nH]3)c(C)c1. The van der Waals surface area contributed by atoms with Crippen LogP contribution in [0.3, 0.4) is 0 Å². The van der Waals surface area contributed by atoms with E-state index in [1.165, 1.54) is 184 Å². The molecule has 2 aromatic carbocycles. The van der Waals surface area contributed by atoms with Crippen molar-refractivity contribution in [2.45, 2.75) is 277 Å². The number of hydrogen-bond donors (Lipinski definition) is 4. The van der Waals surface area contributed by atoms with Gasteiger partial charge in [-0.3, -0.25) is 0 Å². The molecule has 0 radical (unpaired) electrons. The smallest absolute Gasteiger partial charge is 0.166 e. The van der Waals surface area contributed by atoms with Crippen LogP contribution in [0.25, 0.3) is 22.7 Å². The first kappa shape index (κ1) is 68.4. The first-order chi connectivity index (χ1) is 46.9. The molecule has 6 nitrogen and oxygen atoms in total. The van der Waals surface area contributed by atoms with E-state index in [-0.39, 0.29) is 12.2 Å². The van der Waals surface area contributed by atoms with Crippen molar-refractivity contribution in [2.24, 2.45) is 105 Å². The number of rotatable bonds is 16. The van der Waals surface area contributed by atoms with Crippen LogP contribution in [0.4, 0.5) is 0 Å². The predicted octanol–water partition coefficient (Wildman–Crippen LogP) is 21.0. The molecule has 8 saturated carbocycles. The van der Waals surface area contributed by atoms with Gasteiger partial charge < -0.3 is 29.4 Å². The molecular formula is C92H128N4O2. The molecule has 15 rings (SSSR count). The number of benzene rings is 2. The molecule has 8 aliphatic carbocycles. The number of aromatic amines is 4. The van der Waals surface area contributed by atoms with Crippen molar-refractivity contribution in [1.29, 1.82) is 0 Å². The fourth-order valence-corrected chi connectivity index (χ4v) is 26.2. The third-order valence-electron chi connectivity index (χ3n) is 30.9. The van der Waals surface area contributed by atoms with Crippen LogP contribution < -0.4 is 21.4 Å². The van der Waals surface area contributed by atoms with Gasteiger partial charge in [-0.1, -0.05) is 143 Å². The number of aromatic nitrogens is 4. The van der Waals surface area contributed by atoms with E-state index < -0.39 is 0 Å². The molecule has 4 aromatic heterocycles. The summed E-state index contributed by atoms with van der Waals surface area (Å²) < 4.78 is 15.6. The molecule has 0 spiro atoms. The normalized spacial score (nSPS) is 34.2. The van der Waals surface area contributed by atoms with Crippen LogP contribution in [-0.4, -0.2) is 32.1 Å². The Morgan fingerprint density at radius 3 is 1.12 bits per heavy atom. The fourth-order valence-electron chi connectivity index (χ4n) is 26.2. The summed E-state index contributed by atoms with van der Waals surface area (Å²) in [4.78, 5) is 16.6. The van der Waals surface area contributed by atoms with Crippen molar-refractivity contribution in [1.82, 2.24) is 19.9 Å². The number of nitrogens with one attached hydrogen (secondary N) is 4. The second-order valence-electron chi connectivity index (χ2n) is 37.5. The average molecular weight is 1320 g/mol. The Morgan fingerprint density at radius 2 is 0.735 bits per heavy atom. The van der Waals surface area contributed by atoms with Crippen LogP contribution in [0.5, 0.6) is 0 Å². The topological polar surface area (TPSA) is 81.6 Å². The molecule has 9 aliphatic rings. The van der Waals surface area contributed by atoms with Gasteiger partial charge in [0.1, 0.15) is 0 Å². The molecule has 8 bridgehead atoms. The molecule has 6 heteroatoms. The van der Waals surface area contributed by atoms with Crippen molar-refractivity contribution in [3.05, 3.63) is 161 Å². The molecule has 0 unspecified atom stereocenters. The summed E-state index contributed by atoms with van der Waals surface area (Å²) in [5.74, 6) is 13.5. The minimum absolute atomic E-state index is 0.121. The van der Waals surface area contributed by atoms with Gasteiger partial charge in [-0.2, -0.15) is 0 Å². The summed E-state index contributed by atoms with van der Waals surface area (Å²) in [6.45, 7) is 39.6. The van der Waals surface area contributed by atoms with Crippen molar-refractivity contribution < 1.29 is 9.47 Å². The van der Waals surface area contributed by atoms with Gasteiger partial charge in [-0.15, -0.1) is 0 Å². The van der Waals surface area contributed by atoms with Crippen LogP contribution in [-0.2, 0) is 9.47 Å². The van der Waals surface area contributed by atoms with E-state index in [2.05, 4.69) is 204 Å². The minimum atomic E-state index is 0.121. The van der Waals surface area contributed by atoms with Crippen molar-refractivity contribution in [3.63, 3.8) is 0 Å². The standard InChI is InChI=1S/C92H128N4O2/c1-53(2)19-17-21-57(7)69-27-29-71-67-25-23-63-51-65(39-43-89(63,13)73(67)41-45-91(69,71)15)97-87-79-35-31-75(93-79)85(83-59(9)47-55(5)48-60(83)10)77-33-37-81(95-77)88(82-38-34-78(96-82)86(76-32-36-80(87)94-76)84-61(11)49-56(6)50-62(84)12)98-66-40-44-90(14)64(52-66)24-26-68-72-30-28-70(58(8)22-18-20-54(3)4)92(72,16)46-42-74(68)90/h31-38,47-50,53-54,57-58,63-74,93-96H,17-30,39-46,51-52H2,1-16H3/t57-,58-,63+,64+,65+,66+,67+,68+,69-,70-,71+,72+,73+,74+,89+,90+,91-,92-/m1/s1. The zero-order valence-electron chi connectivity index (χ0n) is 64.0. The Balaban J connectivity index is 0.774. The van der Waals surface area contributed by atoms with Crippen molar-refractivity contribution >= 4 is 22.7 Å². The van der Waals surface area contributed by atoms with Gasteiger partial charge in [-0.25, -0.2) is 0 Å². The zero-order chi connectivity index (χ0) is 68.5. The van der Waals surface area contributed by atoms with E-state index in [0.29, 0.717) is 33.5 Å². The third-order valence-corrected chi connectivity index (χ3v) is 30.9. The van der Waals surface area contributed by atoms with Gasteiger partial charge >= 0.3 is 0 Å². The van der Waals surface area contributed by atoms with Crippen molar-refractivity contribution in [3.8, 4) is 0 Å². The maximum Gasteiger partial charge on any atom is 0.166 e. The molecule has 4 N–H and O–H groups in total. The van der Waals surface area contributed by atoms with Gasteiger partial charge in [0, 0.05) is 33.2 Å². The first-order valence-electron chi connectivity index (χ1n) is 40.7. The first-order valence-corrected chi connectivity index (χ1v) is 40.7. The van der Waals surface area contributed by atoms with Gasteiger partial charge in [0.05, 0.1) is 34.3 Å². The average Bonchev–Trinajstić information content (AvgIpc) is 1.34. The molecule has 6 aromatic rings. The molecule has 18 atom stereocenters. The van der Waals surface area contributed by atoms with E-state index in [1.54, 1.807) is 0 Å². The van der Waals surface area contributed by atoms with E-state index in [1.807, 2.05) is 0 Å². The van der Waals surface area contributed by atoms with E-state index >= 15 is 0 Å². The third kappa shape index (κ3) is 12.0. The second-order valence-corrected chi connectivity index (χ2v) is 37.5. The van der Waals surface area contributed by atoms with E-state index in [4.69, 9.17) is 9.47 Å². The van der Waals surface area contributed by atoms with E-state index in [0.717, 1.165) is 152 Å². The molecule has 5 heterocycles. The van der Waals surface area contributed by atoms with Gasteiger partial charge in [0.2, 0.25) is 0 Å². The highest BCUT2D eigenvalue weighted by molar-refractivity contribution is 5.83. The lowest BCUT2D eigenvalue weighted by Crippen LogP contribution is -2.54. The van der Waals surface area contributed by atoms with Crippen LogP contribution in [0.15, 0.2) is 72.8 Å². The zero-order valence-corrected chi connectivity index (χ0v) is 64.0. The molecular weight excluding hydrogens is 1190 g/mol. The molecule has 0 saturated heterocycles. The number of fused-ring (bicyclic) bond motifs is 18. The van der Waals surface area contributed by atoms with E-state index in [9.17, 15) is 0 Å². The highest BCUT2D eigenvalue weighted by atomic mass is 16.5. The van der Waals surface area contributed by atoms with Gasteiger partial charge in [-0.05, 0) is 344 Å². The van der Waals surface area contributed by atoms with Crippen molar-refractivity contribution in [2.75, 3.05) is 0 Å². The monoisotopic (exact) mass is 1320 g/mol. The van der Waals surface area contributed by atoms with Crippen LogP contribution in [0.1, 0.15) is 291 Å². The second kappa shape index (κ2) is 26.5. The molecule has 98 heavy (non-hydrogen) atoms. The Hall–Kier alpha value is -5.36. The summed E-state index contributed by atoms with van der Waals surface area (Å²) >= 11 is 0. The molecule has 528 valence electrons. The van der Waals surface area contributed by atoms with Crippen LogP contribution in [0.2, 0.25) is 0 Å². The number of hydrogen-bond acceptors (Lipinski definition) is 2. The largest absolute Gasteiger partial charge is 0.486 e. The number of aryl methyl sites for hydroxylation is 6. The van der Waals surface area contributed by atoms with Crippen LogP contribution >= 0.6 is 0 Å². The summed E-state index contributed by atoms with van der Waals surface area (Å²) in [5.41, 5.74) is 18.5. The quantitative estimate of drug-likeness (QED) is 0.0779. The highest BCUT2D eigenvalue weighted by Gasteiger charge is 2.63. The molecule has 0 amide bonds. The number of H-pyrrole nitrogens is 4. The molecule has 8 fully saturated rings. The summed E-state index contributed by atoms with van der Waals surface area (Å²) in [5, 5.41) is 4.20. The predicted molar refractivity (Wildman–Crippen MR) is 407 cm³/mol. The molecule has 1 aliphatic heterocycles. The fraction of sp³-hybridized carbons (Fsp3) is 0.652. The summed E-state index contributed by atoms with van der Waals surface area (Å²) in [7, 11) is 0. The number of ether oxygens (including phenoxy) is 2. The Morgan fingerprint density at radius 1 is 0.378 bits per heavy atom. The maximum absolute atomic E-state index is 7.80. The Kier molecular flexibility index (Phi) is 18.5. The Bertz CT molecular complexity index is 3860.